The molecule has 27 heavy (non-hydrogen) atoms. The van der Waals surface area contributed by atoms with Crippen molar-refractivity contribution in [3.63, 3.8) is 0 Å². The summed E-state index contributed by atoms with van der Waals surface area (Å²) in [5.41, 5.74) is 1.50. The minimum absolute atomic E-state index is 0.0521. The van der Waals surface area contributed by atoms with E-state index in [4.69, 9.17) is 14.7 Å². The molecule has 0 radical (unpaired) electrons. The number of benzene rings is 2. The van der Waals surface area contributed by atoms with Crippen LogP contribution in [0.15, 0.2) is 54.6 Å². The Morgan fingerprint density at radius 2 is 1.89 bits per heavy atom. The molecule has 0 atom stereocenters. The second-order valence-electron chi connectivity index (χ2n) is 5.61. The molecule has 2 N–H and O–H groups in total. The molecule has 0 fully saturated rings. The van der Waals surface area contributed by atoms with Gasteiger partial charge in [-0.2, -0.15) is 5.26 Å². The molecule has 7 nitrogen and oxygen atoms in total. The van der Waals surface area contributed by atoms with Crippen LogP contribution in [0.4, 0.5) is 10.5 Å². The number of amides is 2. The van der Waals surface area contributed by atoms with Crippen LogP contribution in [-0.4, -0.2) is 25.2 Å². The average molecular weight is 367 g/mol. The van der Waals surface area contributed by atoms with Gasteiger partial charge in [-0.05, 0) is 24.1 Å². The van der Waals surface area contributed by atoms with E-state index in [1.54, 1.807) is 24.3 Å². The van der Waals surface area contributed by atoms with E-state index in [2.05, 4.69) is 10.6 Å². The summed E-state index contributed by atoms with van der Waals surface area (Å²) < 4.78 is 10.3. The number of rotatable bonds is 9. The van der Waals surface area contributed by atoms with Gasteiger partial charge in [-0.3, -0.25) is 4.79 Å². The van der Waals surface area contributed by atoms with E-state index in [0.717, 1.165) is 5.56 Å². The molecule has 0 aliphatic carbocycles. The van der Waals surface area contributed by atoms with Crippen molar-refractivity contribution in [3.8, 4) is 11.8 Å². The Hall–Kier alpha value is -3.53. The van der Waals surface area contributed by atoms with Crippen molar-refractivity contribution in [1.29, 1.82) is 5.26 Å². The van der Waals surface area contributed by atoms with Crippen molar-refractivity contribution in [3.05, 3.63) is 60.2 Å². The standard InChI is InChI=1S/C20H21N3O4/c21-11-13-26-18-9-4-8-17(14-18)23-19(24)10-5-12-22-20(25)27-15-16-6-2-1-3-7-16/h1-4,6-9,14H,5,10,12-13,15H2,(H,22,25)(H,23,24). The number of ether oxygens (including phenoxy) is 2. The SMILES string of the molecule is N#CCOc1cccc(NC(=O)CCCNC(=O)OCc2ccccc2)c1. The third-order valence-corrected chi connectivity index (χ3v) is 3.48. The van der Waals surface area contributed by atoms with Gasteiger partial charge in [0.05, 0.1) is 0 Å². The fourth-order valence-corrected chi connectivity index (χ4v) is 2.22. The van der Waals surface area contributed by atoms with E-state index in [9.17, 15) is 9.59 Å². The highest BCUT2D eigenvalue weighted by Crippen LogP contribution is 2.17. The predicted octanol–water partition coefficient (Wildman–Crippen LogP) is 3.23. The molecule has 2 aromatic carbocycles. The van der Waals surface area contributed by atoms with Gasteiger partial charge in [-0.15, -0.1) is 0 Å². The van der Waals surface area contributed by atoms with Crippen molar-refractivity contribution < 1.29 is 19.1 Å². The number of hydrogen-bond donors (Lipinski definition) is 2. The Labute approximate surface area is 157 Å². The van der Waals surface area contributed by atoms with Crippen LogP contribution in [0.1, 0.15) is 18.4 Å². The second kappa shape index (κ2) is 11.2. The van der Waals surface area contributed by atoms with Crippen molar-refractivity contribution in [2.45, 2.75) is 19.4 Å². The van der Waals surface area contributed by atoms with Gasteiger partial charge in [0.25, 0.3) is 0 Å². The van der Waals surface area contributed by atoms with Gasteiger partial charge in [0.1, 0.15) is 18.4 Å². The van der Waals surface area contributed by atoms with Gasteiger partial charge in [0.2, 0.25) is 5.91 Å². The van der Waals surface area contributed by atoms with Crippen LogP contribution in [0.5, 0.6) is 5.75 Å². The highest BCUT2D eigenvalue weighted by atomic mass is 16.5. The molecular weight excluding hydrogens is 346 g/mol. The molecule has 7 heteroatoms. The first kappa shape index (κ1) is 19.8. The van der Waals surface area contributed by atoms with Gasteiger partial charge in [0, 0.05) is 24.7 Å². The summed E-state index contributed by atoms with van der Waals surface area (Å²) in [5, 5.41) is 13.9. The fourth-order valence-electron chi connectivity index (χ4n) is 2.22. The van der Waals surface area contributed by atoms with Crippen LogP contribution < -0.4 is 15.4 Å². The van der Waals surface area contributed by atoms with E-state index >= 15 is 0 Å². The van der Waals surface area contributed by atoms with Crippen LogP contribution in [0.25, 0.3) is 0 Å². The largest absolute Gasteiger partial charge is 0.479 e. The smallest absolute Gasteiger partial charge is 0.407 e. The van der Waals surface area contributed by atoms with E-state index in [0.29, 0.717) is 24.4 Å². The molecular formula is C20H21N3O4. The monoisotopic (exact) mass is 367 g/mol. The molecule has 0 bridgehead atoms. The lowest BCUT2D eigenvalue weighted by Crippen LogP contribution is -2.26. The zero-order chi connectivity index (χ0) is 19.3. The van der Waals surface area contributed by atoms with Crippen LogP contribution in [0, 0.1) is 11.3 Å². The molecule has 0 aromatic heterocycles. The zero-order valence-electron chi connectivity index (χ0n) is 14.8. The summed E-state index contributed by atoms with van der Waals surface area (Å²) in [6.45, 7) is 0.493. The highest BCUT2D eigenvalue weighted by molar-refractivity contribution is 5.90. The molecule has 0 unspecified atom stereocenters. The second-order valence-corrected chi connectivity index (χ2v) is 5.61. The topological polar surface area (TPSA) is 100 Å². The summed E-state index contributed by atoms with van der Waals surface area (Å²) >= 11 is 0. The van der Waals surface area contributed by atoms with Crippen molar-refractivity contribution in [2.75, 3.05) is 18.5 Å². The normalized spacial score (nSPS) is 9.74. The molecule has 0 saturated heterocycles. The maximum absolute atomic E-state index is 11.9. The molecule has 0 aliphatic heterocycles. The van der Waals surface area contributed by atoms with Gasteiger partial charge in [0.15, 0.2) is 6.61 Å². The summed E-state index contributed by atoms with van der Waals surface area (Å²) in [6.07, 6.45) is 0.223. The first-order valence-corrected chi connectivity index (χ1v) is 8.51. The number of carbonyl (C=O) groups excluding carboxylic acids is 2. The Kier molecular flexibility index (Phi) is 8.18. The van der Waals surface area contributed by atoms with E-state index in [1.165, 1.54) is 0 Å². The van der Waals surface area contributed by atoms with Gasteiger partial charge in [-0.25, -0.2) is 4.79 Å². The number of hydrogen-bond acceptors (Lipinski definition) is 5. The lowest BCUT2D eigenvalue weighted by atomic mass is 10.2. The lowest BCUT2D eigenvalue weighted by molar-refractivity contribution is -0.116. The molecule has 2 rings (SSSR count). The Balaban J connectivity index is 1.62. The zero-order valence-corrected chi connectivity index (χ0v) is 14.8. The maximum Gasteiger partial charge on any atom is 0.407 e. The third kappa shape index (κ3) is 7.92. The summed E-state index contributed by atoms with van der Waals surface area (Å²) in [4.78, 5) is 23.6. The Morgan fingerprint density at radius 3 is 2.67 bits per heavy atom. The van der Waals surface area contributed by atoms with Crippen LogP contribution in [0.2, 0.25) is 0 Å². The van der Waals surface area contributed by atoms with Gasteiger partial charge < -0.3 is 20.1 Å². The summed E-state index contributed by atoms with van der Waals surface area (Å²) in [7, 11) is 0. The molecule has 0 aliphatic rings. The molecule has 2 aromatic rings. The number of nitrogens with one attached hydrogen (secondary N) is 2. The van der Waals surface area contributed by atoms with Crippen molar-refractivity contribution >= 4 is 17.7 Å². The lowest BCUT2D eigenvalue weighted by Gasteiger charge is -2.08. The van der Waals surface area contributed by atoms with Crippen LogP contribution >= 0.6 is 0 Å². The summed E-state index contributed by atoms with van der Waals surface area (Å²) in [6, 6.07) is 18.1. The average Bonchev–Trinajstić information content (AvgIpc) is 2.69. The summed E-state index contributed by atoms with van der Waals surface area (Å²) in [5.74, 6) is 0.337. The maximum atomic E-state index is 11.9. The number of alkyl carbamates (subject to hydrolysis) is 1. The molecule has 0 heterocycles. The molecule has 0 saturated carbocycles. The van der Waals surface area contributed by atoms with E-state index in [1.807, 2.05) is 36.4 Å². The number of nitrogens with zero attached hydrogens (tertiary/aromatic N) is 1. The van der Waals surface area contributed by atoms with Gasteiger partial charge in [-0.1, -0.05) is 36.4 Å². The van der Waals surface area contributed by atoms with Crippen molar-refractivity contribution in [1.82, 2.24) is 5.32 Å². The highest BCUT2D eigenvalue weighted by Gasteiger charge is 2.06. The van der Waals surface area contributed by atoms with E-state index < -0.39 is 6.09 Å². The Morgan fingerprint density at radius 1 is 1.07 bits per heavy atom. The molecule has 0 spiro atoms. The molecule has 140 valence electrons. The van der Waals surface area contributed by atoms with Crippen LogP contribution in [-0.2, 0) is 16.1 Å². The quantitative estimate of drug-likeness (QED) is 0.663. The van der Waals surface area contributed by atoms with Crippen molar-refractivity contribution in [2.24, 2.45) is 0 Å². The van der Waals surface area contributed by atoms with Gasteiger partial charge >= 0.3 is 6.09 Å². The first-order valence-electron chi connectivity index (χ1n) is 8.51. The van der Waals surface area contributed by atoms with E-state index in [-0.39, 0.29) is 25.5 Å². The molecule has 2 amide bonds. The Bertz CT molecular complexity index is 787. The first-order chi connectivity index (χ1) is 13.2. The predicted molar refractivity (Wildman–Crippen MR) is 100 cm³/mol. The number of carbonyl (C=O) groups is 2. The third-order valence-electron chi connectivity index (χ3n) is 3.48. The minimum Gasteiger partial charge on any atom is -0.479 e. The fraction of sp³-hybridized carbons (Fsp3) is 0.250. The minimum atomic E-state index is -0.512. The number of nitriles is 1. The van der Waals surface area contributed by atoms with Crippen LogP contribution in [0.3, 0.4) is 0 Å². The number of anilines is 1.